The summed E-state index contributed by atoms with van der Waals surface area (Å²) in [6.45, 7) is 17.7. The molecule has 0 spiro atoms. The molecule has 0 aromatic heterocycles. The summed E-state index contributed by atoms with van der Waals surface area (Å²) in [7, 11) is -0.393. The van der Waals surface area contributed by atoms with Gasteiger partial charge in [0.25, 0.3) is 0 Å². The number of hydrogen-bond acceptors (Lipinski definition) is 4. The summed E-state index contributed by atoms with van der Waals surface area (Å²) in [5, 5.41) is 0. The van der Waals surface area contributed by atoms with Gasteiger partial charge in [-0.15, -0.1) is 0 Å². The second kappa shape index (κ2) is 6.44. The summed E-state index contributed by atoms with van der Waals surface area (Å²) in [4.78, 5) is 12.3. The van der Waals surface area contributed by atoms with Gasteiger partial charge in [0.05, 0.1) is 17.1 Å². The smallest absolute Gasteiger partial charge is 0.460 e. The van der Waals surface area contributed by atoms with Crippen molar-refractivity contribution in [2.75, 3.05) is 0 Å². The van der Waals surface area contributed by atoms with Gasteiger partial charge in [-0.2, -0.15) is 0 Å². The van der Waals surface area contributed by atoms with Crippen LogP contribution in [0.5, 0.6) is 0 Å². The summed E-state index contributed by atoms with van der Waals surface area (Å²) in [5.74, 6) is -0.527. The predicted molar refractivity (Wildman–Crippen MR) is 101 cm³/mol. The third kappa shape index (κ3) is 4.26. The maximum absolute atomic E-state index is 12.3. The first-order chi connectivity index (χ1) is 11.2. The zero-order valence-electron chi connectivity index (χ0n) is 17.0. The van der Waals surface area contributed by atoms with E-state index in [4.69, 9.17) is 14.0 Å². The summed E-state index contributed by atoms with van der Waals surface area (Å²) in [6, 6.07) is 5.98. The molecule has 1 aliphatic rings. The van der Waals surface area contributed by atoms with Crippen LogP contribution >= 0.6 is 0 Å². The molecule has 1 aromatic carbocycles. The quantitative estimate of drug-likeness (QED) is 0.618. The Morgan fingerprint density at radius 2 is 1.64 bits per heavy atom. The van der Waals surface area contributed by atoms with Gasteiger partial charge in [-0.25, -0.2) is 0 Å². The monoisotopic (exact) mass is 346 g/mol. The van der Waals surface area contributed by atoms with E-state index >= 15 is 0 Å². The van der Waals surface area contributed by atoms with Gasteiger partial charge in [0.15, 0.2) is 0 Å². The highest BCUT2D eigenvalue weighted by molar-refractivity contribution is 6.62. The summed E-state index contributed by atoms with van der Waals surface area (Å²) < 4.78 is 17.8. The first kappa shape index (κ1) is 20.0. The molecule has 0 saturated carbocycles. The summed E-state index contributed by atoms with van der Waals surface area (Å²) in [6.07, 6.45) is 0. The molecule has 4 nitrogen and oxygen atoms in total. The summed E-state index contributed by atoms with van der Waals surface area (Å²) >= 11 is 0. The molecular formula is C20H31BO4. The Bertz CT molecular complexity index is 642. The first-order valence-electron chi connectivity index (χ1n) is 8.92. The van der Waals surface area contributed by atoms with E-state index in [0.29, 0.717) is 0 Å². The predicted octanol–water partition coefficient (Wildman–Crippen LogP) is 3.74. The van der Waals surface area contributed by atoms with Crippen LogP contribution < -0.4 is 5.46 Å². The molecule has 0 aliphatic carbocycles. The van der Waals surface area contributed by atoms with Crippen LogP contribution in [0.25, 0.3) is 0 Å². The number of esters is 1. The number of ether oxygens (including phenoxy) is 1. The van der Waals surface area contributed by atoms with Crippen molar-refractivity contribution in [2.45, 2.75) is 85.0 Å². The minimum Gasteiger partial charge on any atom is -0.460 e. The minimum atomic E-state index is -0.483. The van der Waals surface area contributed by atoms with Crippen molar-refractivity contribution in [2.24, 2.45) is 0 Å². The van der Waals surface area contributed by atoms with Crippen molar-refractivity contribution in [3.63, 3.8) is 0 Å². The topological polar surface area (TPSA) is 44.8 Å². The number of carbonyl (C=O) groups is 1. The Balaban J connectivity index is 2.21. The molecule has 1 saturated heterocycles. The summed E-state index contributed by atoms with van der Waals surface area (Å²) in [5.41, 5.74) is 1.76. The molecular weight excluding hydrogens is 315 g/mol. The van der Waals surface area contributed by atoms with Crippen LogP contribution in [0.15, 0.2) is 18.2 Å². The van der Waals surface area contributed by atoms with Gasteiger partial charge >= 0.3 is 13.1 Å². The normalized spacial score (nSPS) is 20.4. The van der Waals surface area contributed by atoms with E-state index in [1.165, 1.54) is 0 Å². The van der Waals surface area contributed by atoms with Gasteiger partial charge in [-0.1, -0.05) is 23.8 Å². The molecule has 1 unspecified atom stereocenters. The molecule has 25 heavy (non-hydrogen) atoms. The maximum Gasteiger partial charge on any atom is 0.495 e. The molecule has 0 radical (unpaired) electrons. The van der Waals surface area contributed by atoms with E-state index in [0.717, 1.165) is 16.6 Å². The molecule has 5 heteroatoms. The van der Waals surface area contributed by atoms with E-state index < -0.39 is 12.7 Å². The molecule has 2 rings (SSSR count). The molecule has 1 fully saturated rings. The second-order valence-corrected chi connectivity index (χ2v) is 8.96. The van der Waals surface area contributed by atoms with Crippen molar-refractivity contribution in [3.05, 3.63) is 29.3 Å². The van der Waals surface area contributed by atoms with Gasteiger partial charge in [0, 0.05) is 0 Å². The van der Waals surface area contributed by atoms with Crippen molar-refractivity contribution < 1.29 is 18.8 Å². The van der Waals surface area contributed by atoms with Crippen LogP contribution in [0, 0.1) is 6.92 Å². The number of carbonyl (C=O) groups excluding carboxylic acids is 1. The highest BCUT2D eigenvalue weighted by Gasteiger charge is 2.52. The average Bonchev–Trinajstić information content (AvgIpc) is 2.64. The lowest BCUT2D eigenvalue weighted by Crippen LogP contribution is -2.41. The fraction of sp³-hybridized carbons (Fsp3) is 0.650. The Labute approximate surface area is 152 Å². The van der Waals surface area contributed by atoms with Gasteiger partial charge in [0.1, 0.15) is 5.60 Å². The van der Waals surface area contributed by atoms with E-state index in [2.05, 4.69) is 0 Å². The van der Waals surface area contributed by atoms with E-state index in [1.54, 1.807) is 0 Å². The fourth-order valence-electron chi connectivity index (χ4n) is 2.73. The van der Waals surface area contributed by atoms with Gasteiger partial charge < -0.3 is 14.0 Å². The van der Waals surface area contributed by atoms with E-state index in [1.807, 2.05) is 80.5 Å². The Morgan fingerprint density at radius 3 is 2.08 bits per heavy atom. The second-order valence-electron chi connectivity index (χ2n) is 8.96. The van der Waals surface area contributed by atoms with Crippen molar-refractivity contribution in [1.82, 2.24) is 0 Å². The van der Waals surface area contributed by atoms with Crippen molar-refractivity contribution >= 4 is 18.6 Å². The molecule has 1 aromatic rings. The molecule has 1 atom stereocenters. The largest absolute Gasteiger partial charge is 0.495 e. The minimum absolute atomic E-state index is 0.213. The lowest BCUT2D eigenvalue weighted by Gasteiger charge is -2.32. The highest BCUT2D eigenvalue weighted by Crippen LogP contribution is 2.36. The van der Waals surface area contributed by atoms with Crippen LogP contribution in [0.4, 0.5) is 0 Å². The molecule has 1 heterocycles. The van der Waals surface area contributed by atoms with Crippen LogP contribution in [0.3, 0.4) is 0 Å². The molecule has 0 amide bonds. The van der Waals surface area contributed by atoms with E-state index in [-0.39, 0.29) is 23.1 Å². The van der Waals surface area contributed by atoms with E-state index in [9.17, 15) is 4.79 Å². The van der Waals surface area contributed by atoms with Crippen molar-refractivity contribution in [1.29, 1.82) is 0 Å². The number of hydrogen-bond donors (Lipinski definition) is 0. The molecule has 138 valence electrons. The number of aryl methyl sites for hydroxylation is 1. The Morgan fingerprint density at radius 1 is 1.12 bits per heavy atom. The Hall–Kier alpha value is -1.33. The Kier molecular flexibility index (Phi) is 5.15. The first-order valence-corrected chi connectivity index (χ1v) is 8.92. The number of benzene rings is 1. The van der Waals surface area contributed by atoms with Gasteiger partial charge in [-0.3, -0.25) is 4.79 Å². The van der Waals surface area contributed by atoms with Gasteiger partial charge in [-0.05, 0) is 73.3 Å². The lowest BCUT2D eigenvalue weighted by molar-refractivity contribution is -0.156. The van der Waals surface area contributed by atoms with Crippen LogP contribution in [-0.4, -0.2) is 29.9 Å². The number of rotatable bonds is 3. The standard InChI is InChI=1S/C20H31BO4/c1-13-12-15(14(2)17(22)23-18(3,4)5)10-11-16(13)21-24-19(6,7)20(8,9)25-21/h10-12,14H,1-9H3. The maximum atomic E-state index is 12.3. The molecule has 0 bridgehead atoms. The SMILES string of the molecule is Cc1cc(C(C)C(=O)OC(C)(C)C)ccc1B1OC(C)(C)C(C)(C)O1. The fourth-order valence-corrected chi connectivity index (χ4v) is 2.73. The highest BCUT2D eigenvalue weighted by atomic mass is 16.7. The van der Waals surface area contributed by atoms with Crippen LogP contribution in [-0.2, 0) is 18.8 Å². The van der Waals surface area contributed by atoms with Crippen LogP contribution in [0.2, 0.25) is 0 Å². The van der Waals surface area contributed by atoms with Crippen molar-refractivity contribution in [3.8, 4) is 0 Å². The third-order valence-corrected chi connectivity index (χ3v) is 5.06. The molecule has 1 aliphatic heterocycles. The molecule has 0 N–H and O–H groups in total. The third-order valence-electron chi connectivity index (χ3n) is 5.06. The van der Waals surface area contributed by atoms with Gasteiger partial charge in [0.2, 0.25) is 0 Å². The van der Waals surface area contributed by atoms with Crippen LogP contribution in [0.1, 0.15) is 72.4 Å². The zero-order chi connectivity index (χ0) is 19.2. The lowest BCUT2D eigenvalue weighted by atomic mass is 9.75. The zero-order valence-corrected chi connectivity index (χ0v) is 17.0. The average molecular weight is 346 g/mol.